The van der Waals surface area contributed by atoms with E-state index < -0.39 is 24.3 Å². The number of rotatable bonds is 39. The summed E-state index contributed by atoms with van der Waals surface area (Å²) >= 11 is 0. The summed E-state index contributed by atoms with van der Waals surface area (Å²) in [5, 5.41) is 22.5. The number of aromatic nitrogens is 16. The van der Waals surface area contributed by atoms with Gasteiger partial charge >= 0.3 is 0 Å². The number of nitrogens with zero attached hydrogens (tertiary/aromatic N) is 15. The molecule has 44 nitrogen and oxygen atoms in total. The SMILES string of the molecule is CC(C)CCC(=O)CCc1ccc(C(=O)Nc2ncnc3c2ncn3[C@H]2C[C@@H](OP)[C@@H](COP)O2)cc1.NCc1ccc(C(=O)NCCC(=O)Nc2nc3c(ncn3[C@H]3C[C@@H](OP)[C@@H](COP)O3)c(=O)[nH]2)cc1.NCc1ccc(C(=O)Nc2ncnc3c2ncn3[C@H]2C[C@@H](OP)[C@@H](COP)O2)cc1.O=C(CO)CCc1ccc(C(=O)Nc2ncnc3c2ncn3[C@H]2C[C@@H](OP)[C@@H](COP)O2)cc1. The van der Waals surface area contributed by atoms with Crippen molar-refractivity contribution >= 4 is 185 Å². The van der Waals surface area contributed by atoms with Gasteiger partial charge in [0, 0.05) is 169 Å². The first kappa shape index (κ1) is 105. The number of aromatic amines is 1. The molecule has 5 amide bonds. The van der Waals surface area contributed by atoms with E-state index in [1.165, 1.54) is 25.3 Å². The van der Waals surface area contributed by atoms with Crippen molar-refractivity contribution in [2.45, 2.75) is 171 Å². The van der Waals surface area contributed by atoms with Crippen molar-refractivity contribution in [2.75, 3.05) is 60.8 Å². The number of ether oxygens (including phenoxy) is 4. The fraction of sp³-hybridized carbons (Fsp3) is 0.400. The first-order valence-corrected chi connectivity index (χ1v) is 47.0. The smallest absolute Gasteiger partial charge is 0.280 e. The summed E-state index contributed by atoms with van der Waals surface area (Å²) in [4.78, 5) is 149. The molecule has 4 aromatic carbocycles. The minimum Gasteiger partial charge on any atom is -0.389 e. The van der Waals surface area contributed by atoms with Crippen LogP contribution in [0, 0.1) is 5.92 Å². The van der Waals surface area contributed by atoms with Gasteiger partial charge in [0.1, 0.15) is 80.7 Å². The molecule has 0 bridgehead atoms. The molecule has 0 spiro atoms. The average molecular weight is 2030 g/mol. The van der Waals surface area contributed by atoms with Gasteiger partial charge in [0.05, 0.1) is 76.2 Å². The van der Waals surface area contributed by atoms with Crippen LogP contribution in [0.1, 0.15) is 160 Å². The van der Waals surface area contributed by atoms with Gasteiger partial charge in [-0.2, -0.15) is 4.98 Å². The zero-order chi connectivity index (χ0) is 97.2. The summed E-state index contributed by atoms with van der Waals surface area (Å²) < 4.78 is 73.5. The highest BCUT2D eigenvalue weighted by Crippen LogP contribution is 2.40. The summed E-state index contributed by atoms with van der Waals surface area (Å²) in [6.45, 7) is 6.09. The average Bonchev–Trinajstić information content (AvgIpc) is 1.65. The van der Waals surface area contributed by atoms with E-state index in [1.54, 1.807) is 101 Å². The van der Waals surface area contributed by atoms with E-state index in [1.807, 2.05) is 33.4 Å². The number of imidazole rings is 4. The number of aryl methyl sites for hydroxylation is 2. The lowest BCUT2D eigenvalue weighted by molar-refractivity contribution is -0.121. The van der Waals surface area contributed by atoms with E-state index in [2.05, 4.69) is 176 Å². The van der Waals surface area contributed by atoms with Gasteiger partial charge in [0.25, 0.3) is 29.2 Å². The number of fused-ring (bicyclic) bond motifs is 4. The second kappa shape index (κ2) is 51.5. The number of nitrogens with one attached hydrogen (secondary N) is 6. The largest absolute Gasteiger partial charge is 0.389 e. The topological polar surface area (TPSA) is 557 Å². The molecule has 0 saturated carbocycles. The lowest BCUT2D eigenvalue weighted by atomic mass is 10.0. The van der Waals surface area contributed by atoms with Crippen LogP contribution in [-0.4, -0.2) is 213 Å². The fourth-order valence-electron chi connectivity index (χ4n) is 15.3. The van der Waals surface area contributed by atoms with E-state index in [0.717, 1.165) is 28.7 Å². The third-order valence-corrected chi connectivity index (χ3v) is 24.9. The Balaban J connectivity index is 0.000000155. The third kappa shape index (κ3) is 27.4. The Hall–Kier alpha value is -9.59. The Labute approximate surface area is 803 Å². The number of benzene rings is 4. The lowest BCUT2D eigenvalue weighted by Gasteiger charge is -2.15. The number of Topliss-reactive ketones (excluding diaryl/α,β-unsaturated/α-hetero) is 2. The Morgan fingerprint density at radius 2 is 0.752 bits per heavy atom. The van der Waals surface area contributed by atoms with Crippen molar-refractivity contribution in [3.63, 3.8) is 0 Å². The molecule has 8 aromatic heterocycles. The Kier molecular flexibility index (Phi) is 39.4. The predicted octanol–water partition coefficient (Wildman–Crippen LogP) is 8.54. The molecule has 12 heterocycles. The number of anilines is 4. The molecule has 0 aliphatic carbocycles. The number of H-pyrrole nitrogens is 1. The van der Waals surface area contributed by atoms with Crippen LogP contribution in [0.3, 0.4) is 0 Å². The minimum absolute atomic E-state index is 0.0245. The van der Waals surface area contributed by atoms with Crippen LogP contribution in [0.4, 0.5) is 23.4 Å². The Morgan fingerprint density at radius 3 is 1.08 bits per heavy atom. The van der Waals surface area contributed by atoms with Gasteiger partial charge in [0.2, 0.25) is 11.9 Å². The van der Waals surface area contributed by atoms with Gasteiger partial charge in [-0.05, 0) is 96.0 Å². The van der Waals surface area contributed by atoms with Gasteiger partial charge in [0.15, 0.2) is 67.9 Å². The normalized spacial score (nSPS) is 20.0. The summed E-state index contributed by atoms with van der Waals surface area (Å²) in [5.74, 6) is -0.221. The monoisotopic (exact) mass is 2030 g/mol. The molecule has 52 heteroatoms. The number of hydrogen-bond acceptors (Lipinski definition) is 34. The van der Waals surface area contributed by atoms with Gasteiger partial charge in [-0.25, -0.2) is 49.8 Å². The molecular weight excluding hydrogens is 1930 g/mol. The highest BCUT2D eigenvalue weighted by atomic mass is 31.0. The molecule has 11 N–H and O–H groups in total. The number of aliphatic hydroxyl groups excluding tert-OH is 1. The van der Waals surface area contributed by atoms with Gasteiger partial charge < -0.3 is 93.0 Å². The van der Waals surface area contributed by atoms with Crippen molar-refractivity contribution in [1.82, 2.24) is 83.4 Å². The molecular formula is C85H107N23O21P8. The molecule has 4 aliphatic heterocycles. The van der Waals surface area contributed by atoms with Crippen LogP contribution in [0.5, 0.6) is 0 Å². The van der Waals surface area contributed by atoms with Crippen LogP contribution in [0.25, 0.3) is 44.7 Å². The van der Waals surface area contributed by atoms with Crippen molar-refractivity contribution in [3.8, 4) is 0 Å². The number of hydrogen-bond donors (Lipinski definition) is 9. The summed E-state index contributed by atoms with van der Waals surface area (Å²) in [6.07, 6.45) is 12.9. The zero-order valence-corrected chi connectivity index (χ0v) is 83.6. The minimum atomic E-state index is -0.509. The first-order valence-electron chi connectivity index (χ1n) is 43.2. The highest BCUT2D eigenvalue weighted by Gasteiger charge is 2.42. The standard InChI is InChI=1S/C25H33N5O5P2.C21H27N7O6P2.C21H25N5O6P2.C18H22N6O4P2/c1-15(2)3-9-18(31)10-6-16-4-7-17(8-5-16)25(32)29-23-22-24(27-13-26-23)30(14-28-22)21-11-19(35-37)20(34-21)12-33-36;22-8-11-1-3-12(4-2-11)19(30)23-6-5-15(29)25-21-26-18-17(20(31)27-21)24-10-28(18)16-7-13(34-36)14(33-16)9-32-35;27-8-14(28)6-3-12-1-4-13(5-2-12)21(29)25-19-18-20(23-10-22-19)26(11-24-18)17-7-15(32-34)16(31-17)9-30-33;19-6-10-1-3-11(4-2-10)18(25)23-16-15-17(21-8-20-16)24(9-22-15)14-5-12(28-30)13(27-14)7-26-29/h4-5,7-8,13-15,19-21H,3,6,9-12,36-37H2,1-2H3,(H,26,27,29,32);1-4,10,13-14,16H,5-9,22,35-36H2,(H,23,30)(H2,25,26,27,29,31);1-2,4-5,10-11,15-17,27H,3,6-9,33-34H2,(H,22,23,25,29);1-4,8-9,12-14H,5-7,19,29-30H2,(H,20,21,23,25)/t19-,20-,21-;13-,14-,16-;15-,16-,17-;12-,13-,14-/m1111/s1. The van der Waals surface area contributed by atoms with Crippen LogP contribution in [-0.2, 0) is 95.5 Å². The number of amides is 5. The number of aliphatic hydroxyl groups is 1. The Bertz CT molecular complexity index is 6160. The molecule has 4 fully saturated rings. The summed E-state index contributed by atoms with van der Waals surface area (Å²) in [7, 11) is 17.8. The molecule has 0 radical (unpaired) electrons. The van der Waals surface area contributed by atoms with Gasteiger partial charge in [-0.1, -0.05) is 62.4 Å². The molecule has 4 aliphatic rings. The fourth-order valence-corrected chi connectivity index (χ4v) is 17.2. The van der Waals surface area contributed by atoms with E-state index in [9.17, 15) is 38.4 Å². The van der Waals surface area contributed by atoms with Gasteiger partial charge in [-0.3, -0.25) is 66.9 Å². The molecule has 137 heavy (non-hydrogen) atoms. The van der Waals surface area contributed by atoms with E-state index in [-0.39, 0.29) is 145 Å². The van der Waals surface area contributed by atoms with Crippen molar-refractivity contribution in [3.05, 3.63) is 196 Å². The lowest BCUT2D eigenvalue weighted by Crippen LogP contribution is -2.28. The molecule has 8 unspecified atom stereocenters. The van der Waals surface area contributed by atoms with Gasteiger partial charge in [-0.15, -0.1) is 0 Å². The zero-order valence-electron chi connectivity index (χ0n) is 74.3. The maximum atomic E-state index is 12.9. The second-order valence-corrected chi connectivity index (χ2v) is 34.6. The molecule has 12 aromatic rings. The molecule has 728 valence electrons. The van der Waals surface area contributed by atoms with Crippen molar-refractivity contribution in [2.24, 2.45) is 17.4 Å². The van der Waals surface area contributed by atoms with E-state index >= 15 is 0 Å². The number of ketones is 2. The summed E-state index contributed by atoms with van der Waals surface area (Å²) in [5.41, 5.74) is 19.7. The van der Waals surface area contributed by atoms with Crippen molar-refractivity contribution < 1.29 is 93.8 Å². The maximum absolute atomic E-state index is 12.9. The molecule has 16 rings (SSSR count). The number of carbonyl (C=O) groups excluding carboxylic acids is 7. The van der Waals surface area contributed by atoms with Crippen molar-refractivity contribution in [1.29, 1.82) is 0 Å². The first-order chi connectivity index (χ1) is 66.5. The van der Waals surface area contributed by atoms with Crippen LogP contribution >= 0.6 is 75.7 Å². The second-order valence-electron chi connectivity index (χ2n) is 32.1. The molecule has 4 saturated heterocycles. The summed E-state index contributed by atoms with van der Waals surface area (Å²) in [6, 6.07) is 28.1. The molecule has 20 atom stereocenters. The van der Waals surface area contributed by atoms with E-state index in [0.29, 0.717) is 164 Å². The van der Waals surface area contributed by atoms with E-state index in [4.69, 9.17) is 71.7 Å². The van der Waals surface area contributed by atoms with Crippen LogP contribution in [0.2, 0.25) is 0 Å². The number of carbonyl (C=O) groups is 7. The quantitative estimate of drug-likeness (QED) is 0.0163. The highest BCUT2D eigenvalue weighted by molar-refractivity contribution is 7.11. The Morgan fingerprint density at radius 1 is 0.423 bits per heavy atom. The van der Waals surface area contributed by atoms with Crippen LogP contribution in [0.15, 0.2) is 146 Å². The predicted molar refractivity (Wildman–Crippen MR) is 528 cm³/mol. The number of nitrogens with two attached hydrogens (primary N) is 2. The third-order valence-electron chi connectivity index (χ3n) is 22.7. The van der Waals surface area contributed by atoms with Crippen LogP contribution < -0.4 is 43.6 Å². The maximum Gasteiger partial charge on any atom is 0.280 e.